The van der Waals surface area contributed by atoms with E-state index in [0.717, 1.165) is 4.47 Å². The van der Waals surface area contributed by atoms with Crippen molar-refractivity contribution in [1.29, 1.82) is 0 Å². The molecular formula is C17H12BrN3O3. The highest BCUT2D eigenvalue weighted by Gasteiger charge is 2.10. The van der Waals surface area contributed by atoms with E-state index in [-0.39, 0.29) is 5.56 Å². The van der Waals surface area contributed by atoms with Crippen LogP contribution < -0.4 is 11.3 Å². The first-order chi connectivity index (χ1) is 11.6. The summed E-state index contributed by atoms with van der Waals surface area (Å²) < 4.78 is 9.05. The molecule has 0 radical (unpaired) electrons. The Morgan fingerprint density at radius 3 is 2.79 bits per heavy atom. The second-order valence-electron chi connectivity index (χ2n) is 5.39. The molecule has 120 valence electrons. The first-order valence-corrected chi connectivity index (χ1v) is 8.16. The van der Waals surface area contributed by atoms with E-state index in [1.807, 2.05) is 24.3 Å². The van der Waals surface area contributed by atoms with Crippen LogP contribution >= 0.6 is 15.9 Å². The fraction of sp³-hybridized carbons (Fsp3) is 0.118. The van der Waals surface area contributed by atoms with Gasteiger partial charge in [-0.1, -0.05) is 28.1 Å². The molecule has 4 aromatic rings. The number of benzene rings is 2. The van der Waals surface area contributed by atoms with Crippen LogP contribution in [0.15, 0.2) is 67.3 Å². The van der Waals surface area contributed by atoms with Gasteiger partial charge in [-0.3, -0.25) is 13.9 Å². The standard InChI is InChI=1S/C17H12BrN3O3/c18-11-5-6-13-12(9-11)16(22)20(10-19-13)7-8-21-14-3-1-2-4-15(14)24-17(21)23/h1-6,9-10H,7-8H2. The van der Waals surface area contributed by atoms with E-state index in [0.29, 0.717) is 35.1 Å². The van der Waals surface area contributed by atoms with E-state index in [1.54, 1.807) is 18.2 Å². The molecule has 6 nitrogen and oxygen atoms in total. The summed E-state index contributed by atoms with van der Waals surface area (Å²) in [6, 6.07) is 12.6. The summed E-state index contributed by atoms with van der Waals surface area (Å²) in [5.41, 5.74) is 1.76. The average Bonchev–Trinajstić information content (AvgIpc) is 2.90. The van der Waals surface area contributed by atoms with Crippen LogP contribution in [-0.2, 0) is 13.1 Å². The van der Waals surface area contributed by atoms with Crippen molar-refractivity contribution in [2.24, 2.45) is 0 Å². The van der Waals surface area contributed by atoms with Gasteiger partial charge >= 0.3 is 5.76 Å². The van der Waals surface area contributed by atoms with Crippen molar-refractivity contribution in [3.8, 4) is 0 Å². The molecule has 24 heavy (non-hydrogen) atoms. The molecule has 0 aliphatic rings. The molecule has 0 aliphatic carbocycles. The monoisotopic (exact) mass is 385 g/mol. The summed E-state index contributed by atoms with van der Waals surface area (Å²) in [5.74, 6) is -0.430. The summed E-state index contributed by atoms with van der Waals surface area (Å²) in [4.78, 5) is 28.9. The summed E-state index contributed by atoms with van der Waals surface area (Å²) in [6.07, 6.45) is 1.51. The van der Waals surface area contributed by atoms with E-state index in [4.69, 9.17) is 4.42 Å². The van der Waals surface area contributed by atoms with Crippen molar-refractivity contribution in [1.82, 2.24) is 14.1 Å². The quantitative estimate of drug-likeness (QED) is 0.543. The number of aromatic nitrogens is 3. The smallest absolute Gasteiger partial charge is 0.408 e. The molecule has 0 atom stereocenters. The minimum absolute atomic E-state index is 0.137. The highest BCUT2D eigenvalue weighted by atomic mass is 79.9. The molecule has 4 rings (SSSR count). The fourth-order valence-electron chi connectivity index (χ4n) is 2.72. The van der Waals surface area contributed by atoms with Gasteiger partial charge in [0.05, 0.1) is 22.7 Å². The van der Waals surface area contributed by atoms with Gasteiger partial charge in [0.25, 0.3) is 5.56 Å². The summed E-state index contributed by atoms with van der Waals surface area (Å²) in [7, 11) is 0. The molecule has 0 bridgehead atoms. The molecule has 0 fully saturated rings. The largest absolute Gasteiger partial charge is 0.420 e. The molecule has 0 aliphatic heterocycles. The van der Waals surface area contributed by atoms with Crippen LogP contribution in [0, 0.1) is 0 Å². The van der Waals surface area contributed by atoms with Crippen LogP contribution in [-0.4, -0.2) is 14.1 Å². The summed E-state index contributed by atoms with van der Waals surface area (Å²) in [5, 5.41) is 0.538. The number of hydrogen-bond acceptors (Lipinski definition) is 4. The predicted octanol–water partition coefficient (Wildman–Crippen LogP) is 2.77. The van der Waals surface area contributed by atoms with Gasteiger partial charge in [-0.25, -0.2) is 9.78 Å². The van der Waals surface area contributed by atoms with Gasteiger partial charge in [0.2, 0.25) is 0 Å². The Morgan fingerprint density at radius 1 is 1.08 bits per heavy atom. The topological polar surface area (TPSA) is 70.0 Å². The molecular weight excluding hydrogens is 374 g/mol. The van der Waals surface area contributed by atoms with Gasteiger partial charge in [-0.2, -0.15) is 0 Å². The lowest BCUT2D eigenvalue weighted by atomic mass is 10.2. The van der Waals surface area contributed by atoms with Gasteiger partial charge in [0.1, 0.15) is 0 Å². The van der Waals surface area contributed by atoms with E-state index in [2.05, 4.69) is 20.9 Å². The zero-order valence-corrected chi connectivity index (χ0v) is 14.1. The lowest BCUT2D eigenvalue weighted by Gasteiger charge is -2.07. The van der Waals surface area contributed by atoms with Crippen molar-refractivity contribution < 1.29 is 4.42 Å². The Balaban J connectivity index is 1.72. The lowest BCUT2D eigenvalue weighted by Crippen LogP contribution is -2.25. The molecule has 0 N–H and O–H groups in total. The zero-order valence-electron chi connectivity index (χ0n) is 12.5. The van der Waals surface area contributed by atoms with Crippen molar-refractivity contribution in [2.75, 3.05) is 0 Å². The first-order valence-electron chi connectivity index (χ1n) is 7.36. The number of aryl methyl sites for hydroxylation is 2. The van der Waals surface area contributed by atoms with Crippen molar-refractivity contribution in [3.63, 3.8) is 0 Å². The summed E-state index contributed by atoms with van der Waals surface area (Å²) in [6.45, 7) is 0.661. The Kier molecular flexibility index (Phi) is 3.57. The Bertz CT molecular complexity index is 1170. The number of nitrogens with zero attached hydrogens (tertiary/aromatic N) is 3. The van der Waals surface area contributed by atoms with Gasteiger partial charge in [0, 0.05) is 17.6 Å². The van der Waals surface area contributed by atoms with Gasteiger partial charge in [0.15, 0.2) is 5.58 Å². The molecule has 0 saturated carbocycles. The summed E-state index contributed by atoms with van der Waals surface area (Å²) >= 11 is 3.36. The van der Waals surface area contributed by atoms with Gasteiger partial charge in [-0.05, 0) is 30.3 Å². The fourth-order valence-corrected chi connectivity index (χ4v) is 3.08. The maximum atomic E-state index is 12.6. The van der Waals surface area contributed by atoms with Crippen LogP contribution in [0.5, 0.6) is 0 Å². The van der Waals surface area contributed by atoms with E-state index in [1.165, 1.54) is 15.5 Å². The number of halogens is 1. The van der Waals surface area contributed by atoms with Crippen LogP contribution in [0.1, 0.15) is 0 Å². The molecule has 0 unspecified atom stereocenters. The molecule has 7 heteroatoms. The van der Waals surface area contributed by atoms with Crippen LogP contribution in [0.4, 0.5) is 0 Å². The number of rotatable bonds is 3. The molecule has 2 aromatic carbocycles. The van der Waals surface area contributed by atoms with E-state index >= 15 is 0 Å². The molecule has 2 heterocycles. The molecule has 0 spiro atoms. The maximum absolute atomic E-state index is 12.6. The molecule has 0 saturated heterocycles. The predicted molar refractivity (Wildman–Crippen MR) is 94.2 cm³/mol. The Labute approximate surface area is 144 Å². The average molecular weight is 386 g/mol. The zero-order chi connectivity index (χ0) is 16.7. The number of fused-ring (bicyclic) bond motifs is 2. The highest BCUT2D eigenvalue weighted by molar-refractivity contribution is 9.10. The number of hydrogen-bond donors (Lipinski definition) is 0. The van der Waals surface area contributed by atoms with Crippen molar-refractivity contribution in [3.05, 3.63) is 74.2 Å². The minimum atomic E-state index is -0.430. The van der Waals surface area contributed by atoms with Gasteiger partial charge < -0.3 is 4.42 Å². The Hall–Kier alpha value is -2.67. The highest BCUT2D eigenvalue weighted by Crippen LogP contribution is 2.15. The first kappa shape index (κ1) is 14.9. The number of para-hydroxylation sites is 2. The second-order valence-corrected chi connectivity index (χ2v) is 6.31. The maximum Gasteiger partial charge on any atom is 0.420 e. The molecule has 0 amide bonds. The lowest BCUT2D eigenvalue weighted by molar-refractivity contribution is 0.480. The molecule has 2 aromatic heterocycles. The van der Waals surface area contributed by atoms with Crippen LogP contribution in [0.3, 0.4) is 0 Å². The third-order valence-electron chi connectivity index (χ3n) is 3.92. The Morgan fingerprint density at radius 2 is 1.92 bits per heavy atom. The van der Waals surface area contributed by atoms with E-state index < -0.39 is 5.76 Å². The van der Waals surface area contributed by atoms with Crippen LogP contribution in [0.2, 0.25) is 0 Å². The third-order valence-corrected chi connectivity index (χ3v) is 4.42. The number of oxazole rings is 1. The third kappa shape index (κ3) is 2.46. The SMILES string of the molecule is O=c1c2cc(Br)ccc2ncn1CCn1c(=O)oc2ccccc21. The van der Waals surface area contributed by atoms with Crippen molar-refractivity contribution >= 4 is 37.9 Å². The second kappa shape index (κ2) is 5.76. The van der Waals surface area contributed by atoms with Crippen molar-refractivity contribution in [2.45, 2.75) is 13.1 Å². The normalized spacial score (nSPS) is 11.4. The van der Waals surface area contributed by atoms with Crippen LogP contribution in [0.25, 0.3) is 22.0 Å². The van der Waals surface area contributed by atoms with E-state index in [9.17, 15) is 9.59 Å². The van der Waals surface area contributed by atoms with Gasteiger partial charge in [-0.15, -0.1) is 0 Å². The minimum Gasteiger partial charge on any atom is -0.408 e.